The molecule has 0 amide bonds. The van der Waals surface area contributed by atoms with Gasteiger partial charge in [-0.15, -0.1) is 0 Å². The van der Waals surface area contributed by atoms with Gasteiger partial charge in [-0.25, -0.2) is 0 Å². The van der Waals surface area contributed by atoms with Crippen LogP contribution in [0.15, 0.2) is 41.1 Å². The summed E-state index contributed by atoms with van der Waals surface area (Å²) in [6.45, 7) is 4.69. The summed E-state index contributed by atoms with van der Waals surface area (Å²) in [5.74, 6) is 0.985. The Morgan fingerprint density at radius 3 is 2.95 bits per heavy atom. The van der Waals surface area contributed by atoms with Crippen molar-refractivity contribution < 1.29 is 4.42 Å². The van der Waals surface area contributed by atoms with Crippen molar-refractivity contribution in [2.75, 3.05) is 6.54 Å². The van der Waals surface area contributed by atoms with Gasteiger partial charge in [-0.3, -0.25) is 4.68 Å². The maximum absolute atomic E-state index is 6.04. The molecule has 0 unspecified atom stereocenters. The molecule has 0 atom stereocenters. The minimum absolute atomic E-state index is 0.667. The Hall–Kier alpha value is -1.34. The second kappa shape index (κ2) is 6.62. The summed E-state index contributed by atoms with van der Waals surface area (Å²) in [6.07, 6.45) is 5.01. The second-order valence-corrected chi connectivity index (χ2v) is 6.28. The van der Waals surface area contributed by atoms with E-state index in [1.54, 1.807) is 0 Å². The Morgan fingerprint density at radius 2 is 2.19 bits per heavy atom. The first-order valence-electron chi connectivity index (χ1n) is 7.16. The SMILES string of the molecule is CCCNCc1c(Cn2cc(I)cn2)oc2ccccc12. The number of nitrogens with zero attached hydrogens (tertiary/aromatic N) is 2. The third-order valence-electron chi connectivity index (χ3n) is 3.42. The molecule has 0 aliphatic heterocycles. The van der Waals surface area contributed by atoms with E-state index in [0.29, 0.717) is 6.54 Å². The van der Waals surface area contributed by atoms with Crippen LogP contribution >= 0.6 is 22.6 Å². The van der Waals surface area contributed by atoms with E-state index in [9.17, 15) is 0 Å². The Balaban J connectivity index is 1.93. The van der Waals surface area contributed by atoms with E-state index in [1.165, 1.54) is 10.9 Å². The molecule has 0 radical (unpaired) electrons. The number of hydrogen-bond donors (Lipinski definition) is 1. The summed E-state index contributed by atoms with van der Waals surface area (Å²) < 4.78 is 9.09. The van der Waals surface area contributed by atoms with E-state index in [0.717, 1.165) is 34.4 Å². The molecule has 21 heavy (non-hydrogen) atoms. The van der Waals surface area contributed by atoms with Crippen molar-refractivity contribution >= 4 is 33.6 Å². The van der Waals surface area contributed by atoms with Gasteiger partial charge in [-0.2, -0.15) is 5.10 Å². The average molecular weight is 395 g/mol. The number of halogens is 1. The molecule has 2 heterocycles. The van der Waals surface area contributed by atoms with Crippen LogP contribution < -0.4 is 5.32 Å². The molecule has 0 aliphatic carbocycles. The zero-order valence-electron chi connectivity index (χ0n) is 12.0. The van der Waals surface area contributed by atoms with Crippen molar-refractivity contribution in [1.29, 1.82) is 0 Å². The molecule has 0 saturated carbocycles. The van der Waals surface area contributed by atoms with Crippen LogP contribution in [0.4, 0.5) is 0 Å². The molecule has 3 aromatic rings. The van der Waals surface area contributed by atoms with Crippen LogP contribution in [-0.4, -0.2) is 16.3 Å². The van der Waals surface area contributed by atoms with Gasteiger partial charge in [0.25, 0.3) is 0 Å². The third-order valence-corrected chi connectivity index (χ3v) is 3.97. The van der Waals surface area contributed by atoms with Crippen molar-refractivity contribution in [2.24, 2.45) is 0 Å². The summed E-state index contributed by atoms with van der Waals surface area (Å²) in [5.41, 5.74) is 2.19. The van der Waals surface area contributed by atoms with Crippen LogP contribution in [-0.2, 0) is 13.1 Å². The molecule has 0 spiro atoms. The van der Waals surface area contributed by atoms with Gasteiger partial charge >= 0.3 is 0 Å². The van der Waals surface area contributed by atoms with Crippen molar-refractivity contribution in [3.63, 3.8) is 0 Å². The Labute approximate surface area is 137 Å². The number of fused-ring (bicyclic) bond motifs is 1. The van der Waals surface area contributed by atoms with Crippen LogP contribution in [0.1, 0.15) is 24.7 Å². The molecular formula is C16H18IN3O. The van der Waals surface area contributed by atoms with Gasteiger partial charge in [0.1, 0.15) is 11.3 Å². The second-order valence-electron chi connectivity index (χ2n) is 5.03. The van der Waals surface area contributed by atoms with Gasteiger partial charge in [-0.05, 0) is 41.6 Å². The van der Waals surface area contributed by atoms with Crippen LogP contribution in [0.3, 0.4) is 0 Å². The lowest BCUT2D eigenvalue weighted by molar-refractivity contribution is 0.499. The van der Waals surface area contributed by atoms with E-state index in [1.807, 2.05) is 29.2 Å². The molecule has 110 valence electrons. The monoisotopic (exact) mass is 395 g/mol. The van der Waals surface area contributed by atoms with E-state index in [2.05, 4.69) is 52.1 Å². The van der Waals surface area contributed by atoms with E-state index >= 15 is 0 Å². The summed E-state index contributed by atoms with van der Waals surface area (Å²) >= 11 is 2.27. The number of rotatable bonds is 6. The molecular weight excluding hydrogens is 377 g/mol. The average Bonchev–Trinajstić information content (AvgIpc) is 3.04. The Bertz CT molecular complexity index is 732. The van der Waals surface area contributed by atoms with Crippen LogP contribution in [0.5, 0.6) is 0 Å². The highest BCUT2D eigenvalue weighted by atomic mass is 127. The molecule has 0 aliphatic rings. The van der Waals surface area contributed by atoms with Crippen molar-refractivity contribution in [3.05, 3.63) is 51.6 Å². The molecule has 1 N–H and O–H groups in total. The van der Waals surface area contributed by atoms with E-state index in [4.69, 9.17) is 4.42 Å². The van der Waals surface area contributed by atoms with Gasteiger partial charge < -0.3 is 9.73 Å². The van der Waals surface area contributed by atoms with Gasteiger partial charge in [0.05, 0.1) is 16.3 Å². The number of furan rings is 1. The fourth-order valence-corrected chi connectivity index (χ4v) is 2.88. The van der Waals surface area contributed by atoms with Crippen molar-refractivity contribution in [1.82, 2.24) is 15.1 Å². The smallest absolute Gasteiger partial charge is 0.134 e. The Morgan fingerprint density at radius 1 is 1.33 bits per heavy atom. The largest absolute Gasteiger partial charge is 0.459 e. The maximum Gasteiger partial charge on any atom is 0.134 e. The topological polar surface area (TPSA) is 43.0 Å². The highest BCUT2D eigenvalue weighted by Gasteiger charge is 2.14. The van der Waals surface area contributed by atoms with Crippen molar-refractivity contribution in [2.45, 2.75) is 26.4 Å². The molecule has 3 rings (SSSR count). The number of aromatic nitrogens is 2. The van der Waals surface area contributed by atoms with Gasteiger partial charge in [-0.1, -0.05) is 25.1 Å². The lowest BCUT2D eigenvalue weighted by atomic mass is 10.1. The predicted octanol–water partition coefficient (Wildman–Crippen LogP) is 3.78. The van der Waals surface area contributed by atoms with Crippen LogP contribution in [0.25, 0.3) is 11.0 Å². The highest BCUT2D eigenvalue weighted by molar-refractivity contribution is 14.1. The minimum Gasteiger partial charge on any atom is -0.459 e. The molecule has 0 fully saturated rings. The van der Waals surface area contributed by atoms with Gasteiger partial charge in [0.15, 0.2) is 0 Å². The lowest BCUT2D eigenvalue weighted by Gasteiger charge is -2.05. The van der Waals surface area contributed by atoms with Crippen LogP contribution in [0.2, 0.25) is 0 Å². The minimum atomic E-state index is 0.667. The Kier molecular flexibility index (Phi) is 4.60. The van der Waals surface area contributed by atoms with Crippen molar-refractivity contribution in [3.8, 4) is 0 Å². The number of hydrogen-bond acceptors (Lipinski definition) is 3. The predicted molar refractivity (Wildman–Crippen MR) is 92.3 cm³/mol. The molecule has 5 heteroatoms. The summed E-state index contributed by atoms with van der Waals surface area (Å²) in [4.78, 5) is 0. The first-order chi connectivity index (χ1) is 10.3. The maximum atomic E-state index is 6.04. The summed E-state index contributed by atoms with van der Waals surface area (Å²) in [5, 5.41) is 9.01. The van der Waals surface area contributed by atoms with Crippen LogP contribution in [0, 0.1) is 3.57 Å². The molecule has 0 saturated heterocycles. The lowest BCUT2D eigenvalue weighted by Crippen LogP contribution is -2.15. The standard InChI is InChI=1S/C16H18IN3O/c1-2-7-18-9-14-13-5-3-4-6-15(13)21-16(14)11-20-10-12(17)8-19-20/h3-6,8,10,18H,2,7,9,11H2,1H3. The van der Waals surface area contributed by atoms with E-state index in [-0.39, 0.29) is 0 Å². The number of benzene rings is 1. The summed E-state index contributed by atoms with van der Waals surface area (Å²) in [7, 11) is 0. The fraction of sp³-hybridized carbons (Fsp3) is 0.312. The molecule has 4 nitrogen and oxygen atoms in total. The number of nitrogens with one attached hydrogen (secondary N) is 1. The highest BCUT2D eigenvalue weighted by Crippen LogP contribution is 2.26. The first-order valence-corrected chi connectivity index (χ1v) is 8.23. The van der Waals surface area contributed by atoms with Gasteiger partial charge in [0.2, 0.25) is 0 Å². The zero-order chi connectivity index (χ0) is 14.7. The fourth-order valence-electron chi connectivity index (χ4n) is 2.43. The first kappa shape index (κ1) is 14.6. The van der Waals surface area contributed by atoms with E-state index < -0.39 is 0 Å². The van der Waals surface area contributed by atoms with Gasteiger partial charge in [0, 0.05) is 23.7 Å². The molecule has 2 aromatic heterocycles. The zero-order valence-corrected chi connectivity index (χ0v) is 14.1. The quantitative estimate of drug-likeness (QED) is 0.510. The normalized spacial score (nSPS) is 11.3. The third kappa shape index (κ3) is 3.29. The molecule has 1 aromatic carbocycles. The number of para-hydroxylation sites is 1. The molecule has 0 bridgehead atoms. The summed E-state index contributed by atoms with van der Waals surface area (Å²) in [6, 6.07) is 8.21.